The molecule has 2 N–H and O–H groups in total. The summed E-state index contributed by atoms with van der Waals surface area (Å²) in [5, 5.41) is 5.10. The zero-order chi connectivity index (χ0) is 25.5. The van der Waals surface area contributed by atoms with Crippen LogP contribution in [0.2, 0.25) is 0 Å². The standard InChI is InChI=1S/C28H32FN5O2/c1-32(2)22-14-12-21(13-15-22)26(34-18-16-33(17-19-34)23-8-4-3-5-9-23)20-30-27(35)28(36)31-25-11-7-6-10-24(25)29/h3-15,26H,16-20H2,1-2H3,(H,30,35)(H,31,36). The van der Waals surface area contributed by atoms with Gasteiger partial charge >= 0.3 is 11.8 Å². The van der Waals surface area contributed by atoms with E-state index in [4.69, 9.17) is 0 Å². The molecule has 0 spiro atoms. The monoisotopic (exact) mass is 489 g/mol. The van der Waals surface area contributed by atoms with E-state index in [0.29, 0.717) is 0 Å². The first-order chi connectivity index (χ1) is 17.4. The predicted octanol–water partition coefficient (Wildman–Crippen LogP) is 3.51. The summed E-state index contributed by atoms with van der Waals surface area (Å²) < 4.78 is 13.9. The molecule has 1 heterocycles. The van der Waals surface area contributed by atoms with Gasteiger partial charge in [0.1, 0.15) is 5.82 Å². The van der Waals surface area contributed by atoms with Crippen molar-refractivity contribution in [2.75, 3.05) is 61.9 Å². The van der Waals surface area contributed by atoms with E-state index < -0.39 is 17.6 Å². The zero-order valence-electron chi connectivity index (χ0n) is 20.7. The minimum atomic E-state index is -0.893. The molecule has 4 rings (SSSR count). The molecule has 188 valence electrons. The van der Waals surface area contributed by atoms with E-state index in [1.54, 1.807) is 6.07 Å². The van der Waals surface area contributed by atoms with Gasteiger partial charge in [0.15, 0.2) is 0 Å². The SMILES string of the molecule is CN(C)c1ccc(C(CNC(=O)C(=O)Nc2ccccc2F)N2CCN(c3ccccc3)CC2)cc1. The fourth-order valence-corrected chi connectivity index (χ4v) is 4.39. The summed E-state index contributed by atoms with van der Waals surface area (Å²) in [7, 11) is 3.98. The molecule has 3 aromatic rings. The van der Waals surface area contributed by atoms with Crippen molar-refractivity contribution in [1.29, 1.82) is 0 Å². The molecular formula is C28H32FN5O2. The number of benzene rings is 3. The molecule has 0 aromatic heterocycles. The van der Waals surface area contributed by atoms with Crippen LogP contribution in [-0.2, 0) is 9.59 Å². The van der Waals surface area contributed by atoms with Crippen LogP contribution in [0.1, 0.15) is 11.6 Å². The van der Waals surface area contributed by atoms with Crippen LogP contribution in [0.15, 0.2) is 78.9 Å². The first-order valence-corrected chi connectivity index (χ1v) is 12.1. The lowest BCUT2D eigenvalue weighted by Crippen LogP contribution is -2.50. The van der Waals surface area contributed by atoms with Crippen molar-refractivity contribution in [2.45, 2.75) is 6.04 Å². The normalized spacial score (nSPS) is 14.7. The minimum absolute atomic E-state index is 0.0227. The Morgan fingerprint density at radius 2 is 1.50 bits per heavy atom. The highest BCUT2D eigenvalue weighted by Gasteiger charge is 2.27. The molecule has 0 aliphatic carbocycles. The topological polar surface area (TPSA) is 67.9 Å². The Balaban J connectivity index is 1.44. The number of carbonyl (C=O) groups excluding carboxylic acids is 2. The number of hydrogen-bond acceptors (Lipinski definition) is 5. The maximum absolute atomic E-state index is 13.9. The Kier molecular flexibility index (Phi) is 8.17. The van der Waals surface area contributed by atoms with Crippen LogP contribution < -0.4 is 20.4 Å². The van der Waals surface area contributed by atoms with Crippen molar-refractivity contribution >= 4 is 28.9 Å². The lowest BCUT2D eigenvalue weighted by Gasteiger charge is -2.40. The van der Waals surface area contributed by atoms with Crippen LogP contribution in [0.3, 0.4) is 0 Å². The average molecular weight is 490 g/mol. The Bertz CT molecular complexity index is 1160. The van der Waals surface area contributed by atoms with E-state index >= 15 is 0 Å². The highest BCUT2D eigenvalue weighted by molar-refractivity contribution is 6.39. The molecule has 36 heavy (non-hydrogen) atoms. The highest BCUT2D eigenvalue weighted by atomic mass is 19.1. The molecule has 1 atom stereocenters. The number of piperazine rings is 1. The quantitative estimate of drug-likeness (QED) is 0.497. The van der Waals surface area contributed by atoms with Gasteiger partial charge in [-0.1, -0.05) is 42.5 Å². The summed E-state index contributed by atoms with van der Waals surface area (Å²) in [5.41, 5.74) is 3.32. The smallest absolute Gasteiger partial charge is 0.313 e. The Hall–Kier alpha value is -3.91. The second kappa shape index (κ2) is 11.7. The number of amides is 2. The molecule has 8 heteroatoms. The second-order valence-electron chi connectivity index (χ2n) is 9.00. The van der Waals surface area contributed by atoms with Crippen molar-refractivity contribution < 1.29 is 14.0 Å². The minimum Gasteiger partial charge on any atom is -0.378 e. The van der Waals surface area contributed by atoms with Crippen LogP contribution in [0, 0.1) is 5.82 Å². The van der Waals surface area contributed by atoms with Gasteiger partial charge in [0.05, 0.1) is 11.7 Å². The van der Waals surface area contributed by atoms with Crippen molar-refractivity contribution in [3.63, 3.8) is 0 Å². The number of carbonyl (C=O) groups is 2. The Morgan fingerprint density at radius 1 is 0.861 bits per heavy atom. The number of rotatable bonds is 7. The van der Waals surface area contributed by atoms with E-state index in [9.17, 15) is 14.0 Å². The van der Waals surface area contributed by atoms with Gasteiger partial charge in [0.25, 0.3) is 0 Å². The number of halogens is 1. The summed E-state index contributed by atoms with van der Waals surface area (Å²) in [4.78, 5) is 31.7. The summed E-state index contributed by atoms with van der Waals surface area (Å²) in [6, 6.07) is 24.2. The average Bonchev–Trinajstić information content (AvgIpc) is 2.91. The number of nitrogens with one attached hydrogen (secondary N) is 2. The molecule has 0 bridgehead atoms. The zero-order valence-corrected chi connectivity index (χ0v) is 20.7. The molecule has 0 radical (unpaired) electrons. The fraction of sp³-hybridized carbons (Fsp3) is 0.286. The van der Waals surface area contributed by atoms with E-state index in [0.717, 1.165) is 37.4 Å². The summed E-state index contributed by atoms with van der Waals surface area (Å²) in [6.45, 7) is 3.60. The van der Waals surface area contributed by atoms with Crippen molar-refractivity contribution in [1.82, 2.24) is 10.2 Å². The van der Waals surface area contributed by atoms with Crippen molar-refractivity contribution in [3.8, 4) is 0 Å². The van der Waals surface area contributed by atoms with Crippen LogP contribution >= 0.6 is 0 Å². The maximum Gasteiger partial charge on any atom is 0.313 e. The second-order valence-corrected chi connectivity index (χ2v) is 9.00. The Morgan fingerprint density at radius 3 is 2.14 bits per heavy atom. The van der Waals surface area contributed by atoms with E-state index in [1.165, 1.54) is 23.9 Å². The third-order valence-electron chi connectivity index (χ3n) is 6.45. The first kappa shape index (κ1) is 25.2. The molecule has 1 saturated heterocycles. The van der Waals surface area contributed by atoms with Gasteiger partial charge in [0, 0.05) is 58.2 Å². The van der Waals surface area contributed by atoms with Crippen LogP contribution in [0.25, 0.3) is 0 Å². The predicted molar refractivity (Wildman–Crippen MR) is 142 cm³/mol. The van der Waals surface area contributed by atoms with Gasteiger partial charge < -0.3 is 20.4 Å². The van der Waals surface area contributed by atoms with E-state index in [1.807, 2.05) is 37.2 Å². The summed E-state index contributed by atoms with van der Waals surface area (Å²) in [6.07, 6.45) is 0. The highest BCUT2D eigenvalue weighted by Crippen LogP contribution is 2.26. The van der Waals surface area contributed by atoms with Crippen molar-refractivity contribution in [3.05, 3.63) is 90.2 Å². The first-order valence-electron chi connectivity index (χ1n) is 12.1. The molecule has 1 unspecified atom stereocenters. The molecule has 1 fully saturated rings. The molecule has 0 saturated carbocycles. The van der Waals surface area contributed by atoms with Crippen LogP contribution in [0.5, 0.6) is 0 Å². The third-order valence-corrected chi connectivity index (χ3v) is 6.45. The molecular weight excluding hydrogens is 457 g/mol. The molecule has 1 aliphatic heterocycles. The number of anilines is 3. The van der Waals surface area contributed by atoms with Gasteiger partial charge in [-0.15, -0.1) is 0 Å². The lowest BCUT2D eigenvalue weighted by molar-refractivity contribution is -0.136. The van der Waals surface area contributed by atoms with E-state index in [2.05, 4.69) is 56.8 Å². The van der Waals surface area contributed by atoms with Gasteiger partial charge in [-0.3, -0.25) is 14.5 Å². The number of para-hydroxylation sites is 2. The molecule has 7 nitrogen and oxygen atoms in total. The van der Waals surface area contributed by atoms with E-state index in [-0.39, 0.29) is 18.3 Å². The van der Waals surface area contributed by atoms with Crippen LogP contribution in [0.4, 0.5) is 21.5 Å². The summed E-state index contributed by atoms with van der Waals surface area (Å²) in [5.74, 6) is -2.28. The van der Waals surface area contributed by atoms with Crippen molar-refractivity contribution in [2.24, 2.45) is 0 Å². The Labute approximate surface area is 211 Å². The van der Waals surface area contributed by atoms with Gasteiger partial charge in [-0.25, -0.2) is 4.39 Å². The molecule has 3 aromatic carbocycles. The van der Waals surface area contributed by atoms with Crippen LogP contribution in [-0.4, -0.2) is 63.5 Å². The molecule has 2 amide bonds. The molecule has 1 aliphatic rings. The maximum atomic E-state index is 13.9. The lowest BCUT2D eigenvalue weighted by atomic mass is 10.0. The van der Waals surface area contributed by atoms with Gasteiger partial charge in [-0.05, 0) is 42.0 Å². The number of hydrogen-bond donors (Lipinski definition) is 2. The summed E-state index contributed by atoms with van der Waals surface area (Å²) >= 11 is 0. The number of nitrogens with zero attached hydrogens (tertiary/aromatic N) is 3. The third kappa shape index (κ3) is 6.20. The van der Waals surface area contributed by atoms with Gasteiger partial charge in [0.2, 0.25) is 0 Å². The fourth-order valence-electron chi connectivity index (χ4n) is 4.39. The largest absolute Gasteiger partial charge is 0.378 e. The van der Waals surface area contributed by atoms with Gasteiger partial charge in [-0.2, -0.15) is 0 Å².